The van der Waals surface area contributed by atoms with Gasteiger partial charge in [0.1, 0.15) is 0 Å². The van der Waals surface area contributed by atoms with Gasteiger partial charge in [-0.05, 0) is 38.8 Å². The van der Waals surface area contributed by atoms with Crippen LogP contribution in [0.1, 0.15) is 39.5 Å². The maximum absolute atomic E-state index is 11.3. The number of hydrogen-bond acceptors (Lipinski definition) is 2. The summed E-state index contributed by atoms with van der Waals surface area (Å²) in [5, 5.41) is 0. The topological polar surface area (TPSA) is 29.4 Å². The molecule has 0 radical (unpaired) electrons. The fraction of sp³-hybridized carbons (Fsp3) is 0.600. The first kappa shape index (κ1) is 10.9. The van der Waals surface area contributed by atoms with Gasteiger partial charge in [0, 0.05) is 17.0 Å². The molecule has 90 valence electrons. The molecule has 0 bridgehead atoms. The minimum atomic E-state index is -0.0664. The zero-order chi connectivity index (χ0) is 12.1. The van der Waals surface area contributed by atoms with Crippen LogP contribution in [0.2, 0.25) is 0 Å². The summed E-state index contributed by atoms with van der Waals surface area (Å²) in [6.07, 6.45) is 12.6. The number of nitrogens with zero attached hydrogens (tertiary/aromatic N) is 1. The Labute approximate surface area is 103 Å². The van der Waals surface area contributed by atoms with Crippen LogP contribution >= 0.6 is 0 Å². The van der Waals surface area contributed by atoms with Gasteiger partial charge in [-0.3, -0.25) is 9.79 Å². The average Bonchev–Trinajstić information content (AvgIpc) is 2.51. The summed E-state index contributed by atoms with van der Waals surface area (Å²) < 4.78 is 0. The average molecular weight is 229 g/mol. The SMILES string of the molecule is CC1=N[C@@]2(C)CCCC[C@H]2C12C=CC(=O)C=C2. The fourth-order valence-electron chi connectivity index (χ4n) is 3.96. The van der Waals surface area contributed by atoms with Gasteiger partial charge in [0.2, 0.25) is 0 Å². The van der Waals surface area contributed by atoms with E-state index in [0.717, 1.165) is 0 Å². The minimum Gasteiger partial charge on any atom is -0.290 e. The van der Waals surface area contributed by atoms with E-state index < -0.39 is 0 Å². The molecule has 0 aromatic heterocycles. The minimum absolute atomic E-state index is 0.0664. The quantitative estimate of drug-likeness (QED) is 0.627. The highest BCUT2D eigenvalue weighted by atomic mass is 16.1. The Morgan fingerprint density at radius 1 is 1.29 bits per heavy atom. The molecule has 0 unspecified atom stereocenters. The van der Waals surface area contributed by atoms with Crippen molar-refractivity contribution in [3.63, 3.8) is 0 Å². The third kappa shape index (κ3) is 1.39. The van der Waals surface area contributed by atoms with Crippen molar-refractivity contribution in [2.24, 2.45) is 16.3 Å². The number of aliphatic imine (C=N–C) groups is 1. The summed E-state index contributed by atoms with van der Waals surface area (Å²) in [5.41, 5.74) is 1.22. The van der Waals surface area contributed by atoms with Crippen molar-refractivity contribution >= 4 is 11.5 Å². The number of rotatable bonds is 0. The van der Waals surface area contributed by atoms with Crippen LogP contribution in [-0.2, 0) is 4.79 Å². The van der Waals surface area contributed by atoms with Crippen molar-refractivity contribution in [3.8, 4) is 0 Å². The summed E-state index contributed by atoms with van der Waals surface area (Å²) in [4.78, 5) is 16.3. The molecule has 1 aliphatic heterocycles. The second-order valence-electron chi connectivity index (χ2n) is 5.85. The van der Waals surface area contributed by atoms with Crippen molar-refractivity contribution in [2.75, 3.05) is 0 Å². The van der Waals surface area contributed by atoms with E-state index in [0.29, 0.717) is 5.92 Å². The molecular formula is C15H19NO. The molecule has 2 nitrogen and oxygen atoms in total. The summed E-state index contributed by atoms with van der Waals surface area (Å²) in [7, 11) is 0. The van der Waals surface area contributed by atoms with Gasteiger partial charge in [-0.15, -0.1) is 0 Å². The highest BCUT2D eigenvalue weighted by Gasteiger charge is 2.54. The van der Waals surface area contributed by atoms with Gasteiger partial charge in [-0.25, -0.2) is 0 Å². The largest absolute Gasteiger partial charge is 0.290 e. The van der Waals surface area contributed by atoms with Crippen LogP contribution in [0, 0.1) is 11.3 Å². The predicted molar refractivity (Wildman–Crippen MR) is 69.2 cm³/mol. The van der Waals surface area contributed by atoms with Gasteiger partial charge >= 0.3 is 0 Å². The van der Waals surface area contributed by atoms with Gasteiger partial charge in [0.05, 0.1) is 5.54 Å². The number of hydrogen-bond donors (Lipinski definition) is 0. The molecule has 0 saturated heterocycles. The van der Waals surface area contributed by atoms with Gasteiger partial charge in [0.15, 0.2) is 5.78 Å². The van der Waals surface area contributed by atoms with E-state index >= 15 is 0 Å². The molecule has 0 N–H and O–H groups in total. The molecular weight excluding hydrogens is 210 g/mol. The van der Waals surface area contributed by atoms with E-state index in [4.69, 9.17) is 4.99 Å². The first-order valence-electron chi connectivity index (χ1n) is 6.56. The monoisotopic (exact) mass is 229 g/mol. The van der Waals surface area contributed by atoms with E-state index in [-0.39, 0.29) is 16.7 Å². The number of ketones is 1. The molecule has 0 aromatic rings. The van der Waals surface area contributed by atoms with Crippen LogP contribution in [0.4, 0.5) is 0 Å². The van der Waals surface area contributed by atoms with Crippen molar-refractivity contribution in [1.82, 2.24) is 0 Å². The van der Waals surface area contributed by atoms with Crippen molar-refractivity contribution in [2.45, 2.75) is 45.1 Å². The van der Waals surface area contributed by atoms with Gasteiger partial charge in [-0.2, -0.15) is 0 Å². The fourth-order valence-corrected chi connectivity index (χ4v) is 3.96. The van der Waals surface area contributed by atoms with Crippen LogP contribution in [0.25, 0.3) is 0 Å². The number of carbonyl (C=O) groups is 1. The van der Waals surface area contributed by atoms with E-state index in [1.54, 1.807) is 12.2 Å². The lowest BCUT2D eigenvalue weighted by Gasteiger charge is -2.41. The third-order valence-corrected chi connectivity index (χ3v) is 4.85. The van der Waals surface area contributed by atoms with E-state index in [2.05, 4.69) is 26.0 Å². The summed E-state index contributed by atoms with van der Waals surface area (Å²) in [5.74, 6) is 0.650. The first-order valence-corrected chi connectivity index (χ1v) is 6.56. The molecule has 2 atom stereocenters. The second kappa shape index (κ2) is 3.41. The first-order chi connectivity index (χ1) is 8.07. The highest BCUT2D eigenvalue weighted by molar-refractivity contribution is 6.05. The maximum atomic E-state index is 11.3. The number of carbonyl (C=O) groups excluding carboxylic acids is 1. The van der Waals surface area contributed by atoms with E-state index in [1.807, 2.05) is 0 Å². The highest BCUT2D eigenvalue weighted by Crippen LogP contribution is 2.54. The van der Waals surface area contributed by atoms with Crippen LogP contribution in [0.15, 0.2) is 29.3 Å². The molecule has 2 heteroatoms. The lowest BCUT2D eigenvalue weighted by atomic mass is 9.61. The summed E-state index contributed by atoms with van der Waals surface area (Å²) >= 11 is 0. The normalized spacial score (nSPS) is 38.4. The predicted octanol–water partition coefficient (Wildman–Crippen LogP) is 3.09. The Hall–Kier alpha value is -1.18. The van der Waals surface area contributed by atoms with Crippen LogP contribution in [0.3, 0.4) is 0 Å². The third-order valence-electron chi connectivity index (χ3n) is 4.85. The standard InChI is InChI=1S/C15H19NO/c1-11-15(9-6-12(17)7-10-15)13-5-3-4-8-14(13,2)16-11/h6-7,9-10,13H,3-5,8H2,1-2H3/t13-,14+/m1/s1. The van der Waals surface area contributed by atoms with Gasteiger partial charge < -0.3 is 0 Å². The van der Waals surface area contributed by atoms with E-state index in [9.17, 15) is 4.79 Å². The maximum Gasteiger partial charge on any atom is 0.178 e. The van der Waals surface area contributed by atoms with Crippen LogP contribution in [-0.4, -0.2) is 17.0 Å². The van der Waals surface area contributed by atoms with Crippen molar-refractivity contribution < 1.29 is 4.79 Å². The lowest BCUT2D eigenvalue weighted by Crippen LogP contribution is -2.42. The molecule has 1 spiro atoms. The van der Waals surface area contributed by atoms with E-state index in [1.165, 1.54) is 31.4 Å². The Kier molecular flexibility index (Phi) is 2.19. The molecule has 2 aliphatic carbocycles. The molecule has 17 heavy (non-hydrogen) atoms. The zero-order valence-electron chi connectivity index (χ0n) is 10.6. The van der Waals surface area contributed by atoms with Gasteiger partial charge in [0.25, 0.3) is 0 Å². The smallest absolute Gasteiger partial charge is 0.178 e. The Bertz CT molecular complexity index is 442. The van der Waals surface area contributed by atoms with Crippen molar-refractivity contribution in [3.05, 3.63) is 24.3 Å². The van der Waals surface area contributed by atoms with Crippen LogP contribution < -0.4 is 0 Å². The molecule has 1 saturated carbocycles. The molecule has 3 rings (SSSR count). The Balaban J connectivity index is 2.07. The molecule has 0 amide bonds. The Morgan fingerprint density at radius 2 is 2.00 bits per heavy atom. The second-order valence-corrected chi connectivity index (χ2v) is 5.85. The molecule has 0 aromatic carbocycles. The zero-order valence-corrected chi connectivity index (χ0v) is 10.6. The summed E-state index contributed by atoms with van der Waals surface area (Å²) in [6, 6.07) is 0. The van der Waals surface area contributed by atoms with Gasteiger partial charge in [-0.1, -0.05) is 25.0 Å². The molecule has 1 heterocycles. The summed E-state index contributed by atoms with van der Waals surface area (Å²) in [6.45, 7) is 4.40. The lowest BCUT2D eigenvalue weighted by molar-refractivity contribution is -0.110. The van der Waals surface area contributed by atoms with Crippen LogP contribution in [0.5, 0.6) is 0 Å². The molecule has 1 fully saturated rings. The number of fused-ring (bicyclic) bond motifs is 2. The number of allylic oxidation sites excluding steroid dienone is 4. The Morgan fingerprint density at radius 3 is 2.71 bits per heavy atom. The molecule has 3 aliphatic rings. The van der Waals surface area contributed by atoms with Crippen molar-refractivity contribution in [1.29, 1.82) is 0 Å².